The molecule has 26 heavy (non-hydrogen) atoms. The molecule has 1 atom stereocenters. The molecule has 2 heterocycles. The van der Waals surface area contributed by atoms with Crippen molar-refractivity contribution in [2.24, 2.45) is 0 Å². The van der Waals surface area contributed by atoms with Crippen molar-refractivity contribution >= 4 is 23.0 Å². The molecule has 2 N–H and O–H groups in total. The fourth-order valence-corrected chi connectivity index (χ4v) is 3.36. The molecular weight excluding hydrogens is 344 g/mol. The lowest BCUT2D eigenvalue weighted by Crippen LogP contribution is -2.44. The maximum atomic E-state index is 5.53. The first kappa shape index (κ1) is 18.8. The van der Waals surface area contributed by atoms with Crippen LogP contribution in [0.3, 0.4) is 0 Å². The van der Waals surface area contributed by atoms with Gasteiger partial charge in [0.05, 0.1) is 19.3 Å². The van der Waals surface area contributed by atoms with E-state index in [1.807, 2.05) is 18.3 Å². The zero-order valence-corrected chi connectivity index (χ0v) is 16.2. The van der Waals surface area contributed by atoms with Gasteiger partial charge in [-0.3, -0.25) is 9.88 Å². The van der Waals surface area contributed by atoms with Gasteiger partial charge in [0.1, 0.15) is 0 Å². The molecule has 1 aromatic heterocycles. The Morgan fingerprint density at radius 2 is 2.04 bits per heavy atom. The number of aryl methyl sites for hydroxylation is 1. The van der Waals surface area contributed by atoms with Gasteiger partial charge in [-0.15, -0.1) is 0 Å². The Bertz CT molecular complexity index is 732. The van der Waals surface area contributed by atoms with Crippen LogP contribution >= 0.6 is 12.2 Å². The maximum absolute atomic E-state index is 5.53. The van der Waals surface area contributed by atoms with E-state index in [2.05, 4.69) is 52.6 Å². The molecule has 0 amide bonds. The number of rotatable bonds is 5. The van der Waals surface area contributed by atoms with Crippen LogP contribution in [0.2, 0.25) is 0 Å². The third-order valence-corrected chi connectivity index (χ3v) is 5.11. The summed E-state index contributed by atoms with van der Waals surface area (Å²) in [4.78, 5) is 6.71. The minimum absolute atomic E-state index is 0.214. The molecule has 3 rings (SSSR count). The summed E-state index contributed by atoms with van der Waals surface area (Å²) in [6.45, 7) is 8.30. The fourth-order valence-electron chi connectivity index (χ4n) is 3.16. The van der Waals surface area contributed by atoms with Crippen LogP contribution in [0.5, 0.6) is 0 Å². The Balaban J connectivity index is 1.65. The second kappa shape index (κ2) is 9.07. The highest BCUT2D eigenvalue weighted by molar-refractivity contribution is 7.80. The lowest BCUT2D eigenvalue weighted by molar-refractivity contribution is 0.0170. The molecule has 0 spiro atoms. The predicted molar refractivity (Wildman–Crippen MR) is 110 cm³/mol. The molecule has 1 aliphatic heterocycles. The zero-order chi connectivity index (χ0) is 18.4. The van der Waals surface area contributed by atoms with Crippen molar-refractivity contribution in [2.45, 2.75) is 19.9 Å². The summed E-state index contributed by atoms with van der Waals surface area (Å²) in [5.74, 6) is 0. The highest BCUT2D eigenvalue weighted by Gasteiger charge is 2.23. The van der Waals surface area contributed by atoms with E-state index in [1.54, 1.807) is 6.20 Å². The molecular formula is C20H26N4OS. The average molecular weight is 371 g/mol. The second-order valence-corrected chi connectivity index (χ2v) is 6.94. The van der Waals surface area contributed by atoms with Crippen LogP contribution in [-0.4, -0.2) is 47.8 Å². The maximum Gasteiger partial charge on any atom is 0.170 e. The summed E-state index contributed by atoms with van der Waals surface area (Å²) in [7, 11) is 0. The summed E-state index contributed by atoms with van der Waals surface area (Å²) in [6.07, 6.45) is 3.74. The van der Waals surface area contributed by atoms with Crippen molar-refractivity contribution in [1.29, 1.82) is 0 Å². The number of nitrogens with one attached hydrogen (secondary N) is 2. The van der Waals surface area contributed by atoms with Gasteiger partial charge in [0.25, 0.3) is 0 Å². The van der Waals surface area contributed by atoms with Gasteiger partial charge < -0.3 is 15.4 Å². The van der Waals surface area contributed by atoms with Gasteiger partial charge in [-0.05, 0) is 54.9 Å². The summed E-state index contributed by atoms with van der Waals surface area (Å²) < 4.78 is 5.50. The number of thiocarbonyl (C=S) groups is 1. The van der Waals surface area contributed by atoms with E-state index < -0.39 is 0 Å². The Labute approximate surface area is 160 Å². The molecule has 1 saturated heterocycles. The topological polar surface area (TPSA) is 49.4 Å². The van der Waals surface area contributed by atoms with Crippen LogP contribution in [0.4, 0.5) is 5.69 Å². The number of morpholine rings is 1. The average Bonchev–Trinajstić information content (AvgIpc) is 2.67. The van der Waals surface area contributed by atoms with Crippen LogP contribution in [0.15, 0.2) is 42.7 Å². The molecule has 0 saturated carbocycles. The van der Waals surface area contributed by atoms with Gasteiger partial charge in [0.2, 0.25) is 0 Å². The van der Waals surface area contributed by atoms with Gasteiger partial charge in [-0.1, -0.05) is 18.2 Å². The highest BCUT2D eigenvalue weighted by Crippen LogP contribution is 2.21. The molecule has 5 nitrogen and oxygen atoms in total. The Kier molecular flexibility index (Phi) is 6.55. The van der Waals surface area contributed by atoms with E-state index in [1.165, 1.54) is 16.7 Å². The number of ether oxygens (including phenoxy) is 1. The molecule has 1 fully saturated rings. The van der Waals surface area contributed by atoms with Gasteiger partial charge in [0, 0.05) is 37.7 Å². The summed E-state index contributed by atoms with van der Waals surface area (Å²) in [5, 5.41) is 7.35. The third kappa shape index (κ3) is 4.78. The van der Waals surface area contributed by atoms with Crippen molar-refractivity contribution in [2.75, 3.05) is 38.2 Å². The number of hydrogen-bond donors (Lipinski definition) is 2. The molecule has 0 radical (unpaired) electrons. The molecule has 0 aliphatic carbocycles. The van der Waals surface area contributed by atoms with Crippen molar-refractivity contribution in [3.8, 4) is 0 Å². The van der Waals surface area contributed by atoms with Gasteiger partial charge in [-0.25, -0.2) is 0 Å². The standard InChI is InChI=1S/C20H26N4OS/c1-15-5-3-7-18(16(15)2)23-20(26)22-14-19(17-6-4-8-21-13-17)24-9-11-25-12-10-24/h3-8,13,19H,9-12,14H2,1-2H3,(H2,22,23,26)/t19-/m0/s1. The van der Waals surface area contributed by atoms with Crippen LogP contribution < -0.4 is 10.6 Å². The first-order valence-corrected chi connectivity index (χ1v) is 9.39. The molecule has 6 heteroatoms. The second-order valence-electron chi connectivity index (χ2n) is 6.53. The lowest BCUT2D eigenvalue weighted by atomic mass is 10.1. The van der Waals surface area contributed by atoms with Gasteiger partial charge in [0.15, 0.2) is 5.11 Å². The first-order valence-electron chi connectivity index (χ1n) is 8.98. The smallest absolute Gasteiger partial charge is 0.170 e. The van der Waals surface area contributed by atoms with E-state index in [0.29, 0.717) is 5.11 Å². The lowest BCUT2D eigenvalue weighted by Gasteiger charge is -2.35. The Morgan fingerprint density at radius 3 is 2.77 bits per heavy atom. The zero-order valence-electron chi connectivity index (χ0n) is 15.4. The highest BCUT2D eigenvalue weighted by atomic mass is 32.1. The van der Waals surface area contributed by atoms with Crippen molar-refractivity contribution < 1.29 is 4.74 Å². The molecule has 0 bridgehead atoms. The fraction of sp³-hybridized carbons (Fsp3) is 0.400. The number of aromatic nitrogens is 1. The SMILES string of the molecule is Cc1cccc(NC(=S)NC[C@@H](c2cccnc2)N2CCOCC2)c1C. The number of benzene rings is 1. The van der Waals surface area contributed by atoms with E-state index in [4.69, 9.17) is 17.0 Å². The molecule has 1 aliphatic rings. The van der Waals surface area contributed by atoms with Gasteiger partial charge >= 0.3 is 0 Å². The molecule has 138 valence electrons. The van der Waals surface area contributed by atoms with E-state index in [-0.39, 0.29) is 6.04 Å². The van der Waals surface area contributed by atoms with Crippen molar-refractivity contribution in [1.82, 2.24) is 15.2 Å². The Morgan fingerprint density at radius 1 is 1.23 bits per heavy atom. The monoisotopic (exact) mass is 370 g/mol. The van der Waals surface area contributed by atoms with Gasteiger partial charge in [-0.2, -0.15) is 0 Å². The van der Waals surface area contributed by atoms with Crippen LogP contribution in [0.1, 0.15) is 22.7 Å². The van der Waals surface area contributed by atoms with Crippen molar-refractivity contribution in [3.05, 3.63) is 59.4 Å². The third-order valence-electron chi connectivity index (χ3n) is 4.86. The summed E-state index contributed by atoms with van der Waals surface area (Å²) >= 11 is 5.53. The van der Waals surface area contributed by atoms with Crippen LogP contribution in [0.25, 0.3) is 0 Å². The normalized spacial score (nSPS) is 16.1. The van der Waals surface area contributed by atoms with Crippen molar-refractivity contribution in [3.63, 3.8) is 0 Å². The molecule has 2 aromatic rings. The largest absolute Gasteiger partial charge is 0.379 e. The molecule has 0 unspecified atom stereocenters. The first-order chi connectivity index (χ1) is 12.6. The van der Waals surface area contributed by atoms with E-state index in [9.17, 15) is 0 Å². The summed E-state index contributed by atoms with van der Waals surface area (Å²) in [6, 6.07) is 10.5. The minimum Gasteiger partial charge on any atom is -0.379 e. The van der Waals surface area contributed by atoms with E-state index in [0.717, 1.165) is 38.5 Å². The minimum atomic E-state index is 0.214. The number of pyridine rings is 1. The Hall–Kier alpha value is -2.02. The number of hydrogen-bond acceptors (Lipinski definition) is 4. The molecule has 1 aromatic carbocycles. The predicted octanol–water partition coefficient (Wildman–Crippen LogP) is 3.06. The van der Waals surface area contributed by atoms with E-state index >= 15 is 0 Å². The van der Waals surface area contributed by atoms with Crippen LogP contribution in [0, 0.1) is 13.8 Å². The number of nitrogens with zero attached hydrogens (tertiary/aromatic N) is 2. The quantitative estimate of drug-likeness (QED) is 0.789. The summed E-state index contributed by atoms with van der Waals surface area (Å²) in [5.41, 5.74) is 4.70. The van der Waals surface area contributed by atoms with Crippen LogP contribution in [-0.2, 0) is 4.74 Å². The number of anilines is 1.